The Morgan fingerprint density at radius 2 is 1.74 bits per heavy atom. The van der Waals surface area contributed by atoms with Crippen LogP contribution >= 0.6 is 0 Å². The van der Waals surface area contributed by atoms with Gasteiger partial charge in [0.25, 0.3) is 0 Å². The third-order valence-electron chi connectivity index (χ3n) is 4.51. The topological polar surface area (TPSA) is 15.3 Å². The van der Waals surface area contributed by atoms with E-state index in [0.29, 0.717) is 6.04 Å². The van der Waals surface area contributed by atoms with Gasteiger partial charge in [-0.3, -0.25) is 4.90 Å². The number of piperazine rings is 1. The van der Waals surface area contributed by atoms with Crippen LogP contribution in [0.1, 0.15) is 24.9 Å². The molecule has 0 radical (unpaired) electrons. The predicted molar refractivity (Wildman–Crippen MR) is 98.5 cm³/mol. The van der Waals surface area contributed by atoms with Gasteiger partial charge in [-0.05, 0) is 36.1 Å². The second kappa shape index (κ2) is 7.58. The molecule has 0 amide bonds. The van der Waals surface area contributed by atoms with E-state index in [1.54, 1.807) is 0 Å². The fraction of sp³-hybridized carbons (Fsp3) is 0.333. The van der Waals surface area contributed by atoms with E-state index in [1.807, 2.05) is 0 Å². The SMILES string of the molecule is C=C(C)C[C@H](c1cccc(-c2ccccc2)c1)N1CCNCC1. The van der Waals surface area contributed by atoms with E-state index in [9.17, 15) is 0 Å². The molecule has 1 aliphatic heterocycles. The Morgan fingerprint density at radius 3 is 2.43 bits per heavy atom. The van der Waals surface area contributed by atoms with Crippen LogP contribution in [-0.2, 0) is 0 Å². The van der Waals surface area contributed by atoms with Crippen LogP contribution in [0.5, 0.6) is 0 Å². The first-order valence-corrected chi connectivity index (χ1v) is 8.48. The summed E-state index contributed by atoms with van der Waals surface area (Å²) in [5.74, 6) is 0. The summed E-state index contributed by atoms with van der Waals surface area (Å²) in [4.78, 5) is 2.59. The number of nitrogens with zero attached hydrogens (tertiary/aromatic N) is 1. The molecule has 1 heterocycles. The molecule has 2 heteroatoms. The Bertz CT molecular complexity index is 642. The van der Waals surface area contributed by atoms with Crippen molar-refractivity contribution in [2.45, 2.75) is 19.4 Å². The fourth-order valence-electron chi connectivity index (χ4n) is 3.34. The Labute approximate surface area is 139 Å². The zero-order valence-electron chi connectivity index (χ0n) is 14.0. The van der Waals surface area contributed by atoms with Crippen molar-refractivity contribution in [3.8, 4) is 11.1 Å². The van der Waals surface area contributed by atoms with E-state index in [0.717, 1.165) is 32.6 Å². The van der Waals surface area contributed by atoms with Crippen molar-refractivity contribution >= 4 is 0 Å². The highest BCUT2D eigenvalue weighted by Gasteiger charge is 2.22. The van der Waals surface area contributed by atoms with Crippen LogP contribution in [0.3, 0.4) is 0 Å². The third-order valence-corrected chi connectivity index (χ3v) is 4.51. The minimum Gasteiger partial charge on any atom is -0.314 e. The van der Waals surface area contributed by atoms with Crippen LogP contribution in [-0.4, -0.2) is 31.1 Å². The lowest BCUT2D eigenvalue weighted by Gasteiger charge is -2.35. The summed E-state index contributed by atoms with van der Waals surface area (Å²) in [6, 6.07) is 20.1. The van der Waals surface area contributed by atoms with Gasteiger partial charge in [0, 0.05) is 32.2 Å². The molecule has 1 N–H and O–H groups in total. The van der Waals surface area contributed by atoms with Gasteiger partial charge in [0.05, 0.1) is 0 Å². The van der Waals surface area contributed by atoms with E-state index in [2.05, 4.69) is 78.3 Å². The minimum atomic E-state index is 0.429. The highest BCUT2D eigenvalue weighted by Crippen LogP contribution is 2.30. The van der Waals surface area contributed by atoms with Crippen molar-refractivity contribution in [3.05, 3.63) is 72.3 Å². The van der Waals surface area contributed by atoms with Gasteiger partial charge in [-0.15, -0.1) is 6.58 Å². The molecule has 120 valence electrons. The average Bonchev–Trinajstić information content (AvgIpc) is 2.61. The number of nitrogens with one attached hydrogen (secondary N) is 1. The lowest BCUT2D eigenvalue weighted by atomic mass is 9.94. The summed E-state index contributed by atoms with van der Waals surface area (Å²) in [5.41, 5.74) is 5.23. The molecule has 1 aliphatic rings. The summed E-state index contributed by atoms with van der Waals surface area (Å²) in [6.07, 6.45) is 1.03. The molecule has 2 aromatic rings. The Balaban J connectivity index is 1.91. The monoisotopic (exact) mass is 306 g/mol. The summed E-state index contributed by atoms with van der Waals surface area (Å²) in [6.45, 7) is 10.6. The van der Waals surface area contributed by atoms with Crippen molar-refractivity contribution in [1.29, 1.82) is 0 Å². The first-order valence-electron chi connectivity index (χ1n) is 8.48. The molecule has 1 atom stereocenters. The lowest BCUT2D eigenvalue weighted by Crippen LogP contribution is -2.45. The molecule has 0 saturated carbocycles. The van der Waals surface area contributed by atoms with Gasteiger partial charge in [0.1, 0.15) is 0 Å². The smallest absolute Gasteiger partial charge is 0.0386 e. The van der Waals surface area contributed by atoms with Crippen LogP contribution in [0.15, 0.2) is 66.7 Å². The second-order valence-corrected chi connectivity index (χ2v) is 6.45. The van der Waals surface area contributed by atoms with Crippen LogP contribution in [0.25, 0.3) is 11.1 Å². The average molecular weight is 306 g/mol. The zero-order valence-corrected chi connectivity index (χ0v) is 14.0. The van der Waals surface area contributed by atoms with Gasteiger partial charge in [-0.1, -0.05) is 54.1 Å². The maximum atomic E-state index is 4.15. The fourth-order valence-corrected chi connectivity index (χ4v) is 3.34. The zero-order chi connectivity index (χ0) is 16.1. The van der Waals surface area contributed by atoms with E-state index in [4.69, 9.17) is 0 Å². The van der Waals surface area contributed by atoms with Gasteiger partial charge in [0.15, 0.2) is 0 Å². The number of rotatable bonds is 5. The van der Waals surface area contributed by atoms with Gasteiger partial charge in [-0.25, -0.2) is 0 Å². The minimum absolute atomic E-state index is 0.429. The van der Waals surface area contributed by atoms with Crippen molar-refractivity contribution in [2.24, 2.45) is 0 Å². The van der Waals surface area contributed by atoms with E-state index < -0.39 is 0 Å². The van der Waals surface area contributed by atoms with E-state index >= 15 is 0 Å². The maximum Gasteiger partial charge on any atom is 0.0386 e. The summed E-state index contributed by atoms with van der Waals surface area (Å²) < 4.78 is 0. The normalized spacial score (nSPS) is 16.9. The van der Waals surface area contributed by atoms with Crippen molar-refractivity contribution in [3.63, 3.8) is 0 Å². The lowest BCUT2D eigenvalue weighted by molar-refractivity contribution is 0.172. The van der Waals surface area contributed by atoms with Gasteiger partial charge < -0.3 is 5.32 Å². The molecular weight excluding hydrogens is 280 g/mol. The molecule has 1 saturated heterocycles. The van der Waals surface area contributed by atoms with Crippen LogP contribution in [0, 0.1) is 0 Å². The van der Waals surface area contributed by atoms with Gasteiger partial charge >= 0.3 is 0 Å². The molecule has 2 nitrogen and oxygen atoms in total. The highest BCUT2D eigenvalue weighted by atomic mass is 15.2. The third kappa shape index (κ3) is 4.10. The molecule has 0 unspecified atom stereocenters. The number of benzene rings is 2. The second-order valence-electron chi connectivity index (χ2n) is 6.45. The summed E-state index contributed by atoms with van der Waals surface area (Å²) >= 11 is 0. The van der Waals surface area contributed by atoms with Crippen LogP contribution < -0.4 is 5.32 Å². The molecule has 0 spiro atoms. The van der Waals surface area contributed by atoms with Gasteiger partial charge in [-0.2, -0.15) is 0 Å². The molecule has 23 heavy (non-hydrogen) atoms. The Morgan fingerprint density at radius 1 is 1.04 bits per heavy atom. The standard InChI is InChI=1S/C21H26N2/c1-17(2)15-21(23-13-11-22-12-14-23)20-10-6-9-19(16-20)18-7-4-3-5-8-18/h3-10,16,21-22H,1,11-15H2,2H3/t21-/m1/s1. The van der Waals surface area contributed by atoms with Crippen molar-refractivity contribution < 1.29 is 0 Å². The largest absolute Gasteiger partial charge is 0.314 e. The molecular formula is C21H26N2. The first kappa shape index (κ1) is 16.0. The molecule has 3 rings (SSSR count). The van der Waals surface area contributed by atoms with Crippen LogP contribution in [0.4, 0.5) is 0 Å². The van der Waals surface area contributed by atoms with E-state index in [-0.39, 0.29) is 0 Å². The maximum absolute atomic E-state index is 4.15. The molecule has 0 aliphatic carbocycles. The molecule has 1 fully saturated rings. The van der Waals surface area contributed by atoms with Gasteiger partial charge in [0.2, 0.25) is 0 Å². The predicted octanol–water partition coefficient (Wildman–Crippen LogP) is 4.27. The van der Waals surface area contributed by atoms with E-state index in [1.165, 1.54) is 22.3 Å². The first-order chi connectivity index (χ1) is 11.2. The Hall–Kier alpha value is -1.90. The molecule has 2 aromatic carbocycles. The highest BCUT2D eigenvalue weighted by molar-refractivity contribution is 5.64. The van der Waals surface area contributed by atoms with Crippen molar-refractivity contribution in [2.75, 3.05) is 26.2 Å². The number of hydrogen-bond donors (Lipinski definition) is 1. The molecule has 0 bridgehead atoms. The summed E-state index contributed by atoms with van der Waals surface area (Å²) in [7, 11) is 0. The van der Waals surface area contributed by atoms with Crippen LogP contribution in [0.2, 0.25) is 0 Å². The number of hydrogen-bond acceptors (Lipinski definition) is 2. The molecule has 0 aromatic heterocycles. The Kier molecular flexibility index (Phi) is 5.27. The quantitative estimate of drug-likeness (QED) is 0.830. The van der Waals surface area contributed by atoms with Crippen molar-refractivity contribution in [1.82, 2.24) is 10.2 Å². The summed E-state index contributed by atoms with van der Waals surface area (Å²) in [5, 5.41) is 3.45.